The van der Waals surface area contributed by atoms with Gasteiger partial charge >= 0.3 is 0 Å². The van der Waals surface area contributed by atoms with E-state index in [0.29, 0.717) is 12.3 Å². The van der Waals surface area contributed by atoms with E-state index in [1.807, 2.05) is 30.3 Å². The molecule has 4 heteroatoms. The lowest BCUT2D eigenvalue weighted by Crippen LogP contribution is -2.39. The summed E-state index contributed by atoms with van der Waals surface area (Å²) in [5.41, 5.74) is 11.1. The second-order valence-electron chi connectivity index (χ2n) is 6.28. The molecule has 2 bridgehead atoms. The van der Waals surface area contributed by atoms with Crippen molar-refractivity contribution in [3.05, 3.63) is 58.5 Å². The first kappa shape index (κ1) is 13.9. The number of ketones is 1. The Morgan fingerprint density at radius 3 is 2.71 bits per heavy atom. The number of allylic oxidation sites excluding steroid dienone is 1. The third kappa shape index (κ3) is 2.72. The van der Waals surface area contributed by atoms with Crippen molar-refractivity contribution in [1.29, 1.82) is 0 Å². The SMILES string of the molecule is C=C1CC2CC(=O)[C@@H]([C@@H](N=[N+]=[N-])c3ccccc3)C(C1)C2. The van der Waals surface area contributed by atoms with Gasteiger partial charge in [0.15, 0.2) is 0 Å². The monoisotopic (exact) mass is 281 g/mol. The number of rotatable bonds is 3. The number of carbonyl (C=O) groups excluding carboxylic acids is 1. The topological polar surface area (TPSA) is 65.8 Å². The summed E-state index contributed by atoms with van der Waals surface area (Å²) < 4.78 is 0. The minimum absolute atomic E-state index is 0.198. The van der Waals surface area contributed by atoms with Crippen molar-refractivity contribution in [2.45, 2.75) is 31.7 Å². The second-order valence-corrected chi connectivity index (χ2v) is 6.28. The standard InChI is InChI=1S/C17H19N3O/c1-11-7-12-9-14(8-11)16(15(21)10-12)17(19-20-18)13-5-3-2-4-6-13/h2-6,12,14,16-17H,1,7-10H2/t12?,14?,16-,17-/m0/s1. The number of hydrogen-bond donors (Lipinski definition) is 0. The summed E-state index contributed by atoms with van der Waals surface area (Å²) in [5, 5.41) is 3.97. The molecule has 0 saturated heterocycles. The second kappa shape index (κ2) is 5.74. The molecule has 0 spiro atoms. The molecule has 0 N–H and O–H groups in total. The number of nitrogens with zero attached hydrogens (tertiary/aromatic N) is 3. The van der Waals surface area contributed by atoms with E-state index < -0.39 is 0 Å². The highest BCUT2D eigenvalue weighted by molar-refractivity contribution is 5.83. The van der Waals surface area contributed by atoms with E-state index in [4.69, 9.17) is 5.53 Å². The van der Waals surface area contributed by atoms with Gasteiger partial charge in [0, 0.05) is 17.3 Å². The van der Waals surface area contributed by atoms with Gasteiger partial charge in [-0.25, -0.2) is 0 Å². The summed E-state index contributed by atoms with van der Waals surface area (Å²) in [6, 6.07) is 9.27. The maximum Gasteiger partial charge on any atom is 0.137 e. The molecule has 21 heavy (non-hydrogen) atoms. The van der Waals surface area contributed by atoms with Crippen molar-refractivity contribution in [1.82, 2.24) is 0 Å². The lowest BCUT2D eigenvalue weighted by molar-refractivity contribution is -0.130. The van der Waals surface area contributed by atoms with Gasteiger partial charge in [0.2, 0.25) is 0 Å². The number of Topliss-reactive ketones (excluding diaryl/α,β-unsaturated/α-hetero) is 1. The van der Waals surface area contributed by atoms with Crippen LogP contribution in [-0.4, -0.2) is 5.78 Å². The normalized spacial score (nSPS) is 29.6. The van der Waals surface area contributed by atoms with Crippen LogP contribution in [0.2, 0.25) is 0 Å². The Kier molecular flexibility index (Phi) is 3.80. The van der Waals surface area contributed by atoms with Gasteiger partial charge in [-0.15, -0.1) is 0 Å². The molecule has 108 valence electrons. The number of benzene rings is 1. The molecule has 2 saturated carbocycles. The van der Waals surface area contributed by atoms with Crippen LogP contribution in [0.4, 0.5) is 0 Å². The third-order valence-electron chi connectivity index (χ3n) is 4.79. The molecule has 1 aromatic carbocycles. The minimum atomic E-state index is -0.388. The molecule has 0 aliphatic heterocycles. The molecule has 2 unspecified atom stereocenters. The van der Waals surface area contributed by atoms with E-state index in [0.717, 1.165) is 24.8 Å². The quantitative estimate of drug-likeness (QED) is 0.345. The highest BCUT2D eigenvalue weighted by Crippen LogP contribution is 2.48. The van der Waals surface area contributed by atoms with Crippen molar-refractivity contribution in [2.24, 2.45) is 22.9 Å². The van der Waals surface area contributed by atoms with Crippen LogP contribution in [-0.2, 0) is 4.79 Å². The first-order chi connectivity index (χ1) is 10.2. The van der Waals surface area contributed by atoms with E-state index in [9.17, 15) is 4.79 Å². The van der Waals surface area contributed by atoms with Gasteiger partial charge in [0.25, 0.3) is 0 Å². The van der Waals surface area contributed by atoms with Crippen LogP contribution in [0.3, 0.4) is 0 Å². The average molecular weight is 281 g/mol. The van der Waals surface area contributed by atoms with Gasteiger partial charge in [-0.05, 0) is 42.2 Å². The maximum absolute atomic E-state index is 12.6. The Balaban J connectivity index is 1.96. The molecule has 0 radical (unpaired) electrons. The predicted octanol–water partition coefficient (Wildman–Crippen LogP) is 4.60. The number of carbonyl (C=O) groups is 1. The maximum atomic E-state index is 12.6. The zero-order valence-corrected chi connectivity index (χ0v) is 12.0. The molecule has 2 aliphatic rings. The summed E-state index contributed by atoms with van der Waals surface area (Å²) in [4.78, 5) is 15.6. The van der Waals surface area contributed by atoms with Crippen LogP contribution in [0.25, 0.3) is 10.4 Å². The molecule has 3 rings (SSSR count). The van der Waals surface area contributed by atoms with Gasteiger partial charge < -0.3 is 0 Å². The van der Waals surface area contributed by atoms with Gasteiger partial charge in [-0.3, -0.25) is 4.79 Å². The molecular weight excluding hydrogens is 262 g/mol. The first-order valence-corrected chi connectivity index (χ1v) is 7.47. The molecule has 2 fully saturated rings. The fourth-order valence-corrected chi connectivity index (χ4v) is 4.06. The van der Waals surface area contributed by atoms with E-state index in [1.54, 1.807) is 0 Å². The predicted molar refractivity (Wildman–Crippen MR) is 81.4 cm³/mol. The molecule has 1 aromatic rings. The number of azide groups is 1. The van der Waals surface area contributed by atoms with Crippen molar-refractivity contribution >= 4 is 5.78 Å². The Hall–Kier alpha value is -2.06. The molecule has 2 aliphatic carbocycles. The van der Waals surface area contributed by atoms with Crippen molar-refractivity contribution in [3.8, 4) is 0 Å². The van der Waals surface area contributed by atoms with E-state index in [-0.39, 0.29) is 23.7 Å². The van der Waals surface area contributed by atoms with Crippen molar-refractivity contribution in [2.75, 3.05) is 0 Å². The number of fused-ring (bicyclic) bond motifs is 2. The van der Waals surface area contributed by atoms with Gasteiger partial charge in [0.1, 0.15) is 5.78 Å². The van der Waals surface area contributed by atoms with E-state index >= 15 is 0 Å². The zero-order valence-electron chi connectivity index (χ0n) is 12.0. The Morgan fingerprint density at radius 2 is 2.00 bits per heavy atom. The fraction of sp³-hybridized carbons (Fsp3) is 0.471. The molecule has 4 nitrogen and oxygen atoms in total. The van der Waals surface area contributed by atoms with Crippen molar-refractivity contribution < 1.29 is 4.79 Å². The molecule has 0 amide bonds. The van der Waals surface area contributed by atoms with Gasteiger partial charge in [0.05, 0.1) is 6.04 Å². The van der Waals surface area contributed by atoms with Crippen molar-refractivity contribution in [3.63, 3.8) is 0 Å². The lowest BCUT2D eigenvalue weighted by atomic mass is 9.62. The zero-order chi connectivity index (χ0) is 14.8. The lowest BCUT2D eigenvalue weighted by Gasteiger charge is -2.42. The summed E-state index contributed by atoms with van der Waals surface area (Å²) in [7, 11) is 0. The minimum Gasteiger partial charge on any atom is -0.299 e. The largest absolute Gasteiger partial charge is 0.299 e. The van der Waals surface area contributed by atoms with Crippen LogP contribution in [0.5, 0.6) is 0 Å². The Labute approximate surface area is 124 Å². The molecule has 0 aromatic heterocycles. The summed E-state index contributed by atoms with van der Waals surface area (Å²) in [6.07, 6.45) is 3.52. The average Bonchev–Trinajstić information content (AvgIpc) is 2.46. The smallest absolute Gasteiger partial charge is 0.137 e. The van der Waals surface area contributed by atoms with E-state index in [2.05, 4.69) is 16.6 Å². The van der Waals surface area contributed by atoms with Crippen LogP contribution in [0.15, 0.2) is 47.6 Å². The van der Waals surface area contributed by atoms with Crippen LogP contribution in [0.1, 0.15) is 37.3 Å². The Morgan fingerprint density at radius 1 is 1.24 bits per heavy atom. The third-order valence-corrected chi connectivity index (χ3v) is 4.79. The van der Waals surface area contributed by atoms with Gasteiger partial charge in [-0.2, -0.15) is 0 Å². The molecule has 4 atom stereocenters. The fourth-order valence-electron chi connectivity index (χ4n) is 4.06. The van der Waals surface area contributed by atoms with Crippen LogP contribution >= 0.6 is 0 Å². The van der Waals surface area contributed by atoms with E-state index in [1.165, 1.54) is 5.57 Å². The van der Waals surface area contributed by atoms with Crippen LogP contribution < -0.4 is 0 Å². The Bertz CT molecular complexity index is 604. The highest BCUT2D eigenvalue weighted by atomic mass is 16.1. The van der Waals surface area contributed by atoms with Gasteiger partial charge in [-0.1, -0.05) is 47.6 Å². The summed E-state index contributed by atoms with van der Waals surface area (Å²) >= 11 is 0. The number of hydrogen-bond acceptors (Lipinski definition) is 2. The molecular formula is C17H19N3O. The first-order valence-electron chi connectivity index (χ1n) is 7.47. The van der Waals surface area contributed by atoms with Crippen LogP contribution in [0, 0.1) is 17.8 Å². The summed E-state index contributed by atoms with van der Waals surface area (Å²) in [5.74, 6) is 0.775. The molecule has 0 heterocycles. The summed E-state index contributed by atoms with van der Waals surface area (Å²) in [6.45, 7) is 4.12. The highest BCUT2D eigenvalue weighted by Gasteiger charge is 2.43.